The van der Waals surface area contributed by atoms with Gasteiger partial charge in [-0.15, -0.1) is 0 Å². The maximum absolute atomic E-state index is 5.77. The summed E-state index contributed by atoms with van der Waals surface area (Å²) in [6.45, 7) is 4.31. The van der Waals surface area contributed by atoms with Crippen LogP contribution in [0.1, 0.15) is 44.1 Å². The highest BCUT2D eigenvalue weighted by atomic mass is 16.3. The van der Waals surface area contributed by atoms with Crippen LogP contribution in [0.4, 0.5) is 0 Å². The first-order valence-electron chi connectivity index (χ1n) is 5.51. The molecule has 0 bridgehead atoms. The molecule has 2 heteroatoms. The first-order chi connectivity index (χ1) is 6.66. The number of aryl methyl sites for hydroxylation is 1. The number of hydrogen-bond acceptors (Lipinski definition) is 2. The number of nitrogens with two attached hydrogens (primary N) is 1. The quantitative estimate of drug-likeness (QED) is 0.798. The van der Waals surface area contributed by atoms with E-state index in [1.54, 1.807) is 0 Å². The van der Waals surface area contributed by atoms with E-state index in [4.69, 9.17) is 10.2 Å². The van der Waals surface area contributed by atoms with Crippen LogP contribution in [0.25, 0.3) is 0 Å². The highest BCUT2D eigenvalue weighted by Gasteiger charge is 2.36. The van der Waals surface area contributed by atoms with E-state index in [0.717, 1.165) is 24.5 Å². The minimum atomic E-state index is 0.267. The van der Waals surface area contributed by atoms with Crippen LogP contribution in [0.3, 0.4) is 0 Å². The van der Waals surface area contributed by atoms with Gasteiger partial charge in [0.15, 0.2) is 0 Å². The Labute approximate surface area is 85.5 Å². The molecule has 78 valence electrons. The molecule has 0 aromatic carbocycles. The number of furan rings is 1. The fourth-order valence-electron chi connectivity index (χ4n) is 1.82. The van der Waals surface area contributed by atoms with Crippen LogP contribution in [-0.2, 0) is 6.42 Å². The zero-order valence-electron chi connectivity index (χ0n) is 8.99. The summed E-state index contributed by atoms with van der Waals surface area (Å²) in [5.74, 6) is 3.79. The van der Waals surface area contributed by atoms with Crippen LogP contribution in [0.2, 0.25) is 0 Å². The van der Waals surface area contributed by atoms with E-state index >= 15 is 0 Å². The molecule has 2 rings (SSSR count). The maximum Gasteiger partial charge on any atom is 0.107 e. The summed E-state index contributed by atoms with van der Waals surface area (Å²) in [4.78, 5) is 0. The molecule has 1 saturated carbocycles. The molecule has 0 amide bonds. The van der Waals surface area contributed by atoms with E-state index in [0.29, 0.717) is 5.92 Å². The molecule has 2 unspecified atom stereocenters. The molecule has 2 N–H and O–H groups in total. The van der Waals surface area contributed by atoms with E-state index in [2.05, 4.69) is 19.1 Å². The van der Waals surface area contributed by atoms with Crippen molar-refractivity contribution in [3.8, 4) is 0 Å². The van der Waals surface area contributed by atoms with Crippen molar-refractivity contribution in [2.75, 3.05) is 0 Å². The second-order valence-electron chi connectivity index (χ2n) is 4.64. The summed E-state index contributed by atoms with van der Waals surface area (Å²) >= 11 is 0. The third kappa shape index (κ3) is 2.18. The van der Waals surface area contributed by atoms with Crippen LogP contribution in [0.5, 0.6) is 0 Å². The largest absolute Gasteiger partial charge is 0.466 e. The van der Waals surface area contributed by atoms with Crippen molar-refractivity contribution >= 4 is 0 Å². The highest BCUT2D eigenvalue weighted by Crippen LogP contribution is 2.47. The minimum Gasteiger partial charge on any atom is -0.466 e. The summed E-state index contributed by atoms with van der Waals surface area (Å²) in [7, 11) is 0. The fraction of sp³-hybridized carbons (Fsp3) is 0.667. The number of rotatable bonds is 4. The van der Waals surface area contributed by atoms with Crippen molar-refractivity contribution in [1.29, 1.82) is 0 Å². The third-order valence-electron chi connectivity index (χ3n) is 3.00. The Morgan fingerprint density at radius 1 is 1.57 bits per heavy atom. The lowest BCUT2D eigenvalue weighted by Crippen LogP contribution is -2.15. The van der Waals surface area contributed by atoms with Crippen LogP contribution < -0.4 is 5.73 Å². The lowest BCUT2D eigenvalue weighted by atomic mass is 10.2. The number of hydrogen-bond donors (Lipinski definition) is 1. The first-order valence-corrected chi connectivity index (χ1v) is 5.51. The highest BCUT2D eigenvalue weighted by molar-refractivity contribution is 5.17. The average Bonchev–Trinajstić information content (AvgIpc) is 2.68. The first kappa shape index (κ1) is 9.78. The van der Waals surface area contributed by atoms with E-state index < -0.39 is 0 Å². The molecule has 2 nitrogen and oxygen atoms in total. The summed E-state index contributed by atoms with van der Waals surface area (Å²) in [6, 6.07) is 4.50. The summed E-state index contributed by atoms with van der Waals surface area (Å²) in [5.41, 5.74) is 5.70. The molecule has 3 atom stereocenters. The predicted octanol–water partition coefficient (Wildman–Crippen LogP) is 2.68. The summed E-state index contributed by atoms with van der Waals surface area (Å²) in [6.07, 6.45) is 3.27. The van der Waals surface area contributed by atoms with E-state index in [-0.39, 0.29) is 6.04 Å². The van der Waals surface area contributed by atoms with Crippen molar-refractivity contribution < 1.29 is 4.42 Å². The normalized spacial score (nSPS) is 27.6. The lowest BCUT2D eigenvalue weighted by molar-refractivity contribution is 0.450. The van der Waals surface area contributed by atoms with Gasteiger partial charge in [-0.25, -0.2) is 0 Å². The van der Waals surface area contributed by atoms with Gasteiger partial charge in [-0.1, -0.05) is 6.92 Å². The van der Waals surface area contributed by atoms with Gasteiger partial charge in [-0.3, -0.25) is 0 Å². The topological polar surface area (TPSA) is 39.2 Å². The SMILES string of the molecule is CC1CC1c1ccc(CC[C@H](C)N)o1. The zero-order chi connectivity index (χ0) is 10.1. The van der Waals surface area contributed by atoms with Crippen molar-refractivity contribution in [3.63, 3.8) is 0 Å². The van der Waals surface area contributed by atoms with Gasteiger partial charge in [0.05, 0.1) is 0 Å². The Bertz CT molecular complexity index is 303. The van der Waals surface area contributed by atoms with Gasteiger partial charge in [0, 0.05) is 18.4 Å². The standard InChI is InChI=1S/C12H19NO/c1-8-7-11(8)12-6-5-10(14-12)4-3-9(2)13/h5-6,8-9,11H,3-4,7,13H2,1-2H3/t8?,9-,11?/m0/s1. The fourth-order valence-corrected chi connectivity index (χ4v) is 1.82. The van der Waals surface area contributed by atoms with Gasteiger partial charge < -0.3 is 10.2 Å². The predicted molar refractivity (Wildman–Crippen MR) is 57.2 cm³/mol. The molecule has 0 spiro atoms. The molecule has 1 fully saturated rings. The van der Waals surface area contributed by atoms with E-state index in [1.165, 1.54) is 12.2 Å². The van der Waals surface area contributed by atoms with Crippen molar-refractivity contribution in [2.45, 2.75) is 45.1 Å². The second kappa shape index (κ2) is 3.77. The smallest absolute Gasteiger partial charge is 0.107 e. The van der Waals surface area contributed by atoms with Gasteiger partial charge in [-0.05, 0) is 37.8 Å². The van der Waals surface area contributed by atoms with Crippen LogP contribution in [-0.4, -0.2) is 6.04 Å². The Morgan fingerprint density at radius 3 is 2.86 bits per heavy atom. The molecule has 1 aliphatic rings. The van der Waals surface area contributed by atoms with Gasteiger partial charge in [0.25, 0.3) is 0 Å². The minimum absolute atomic E-state index is 0.267. The van der Waals surface area contributed by atoms with Gasteiger partial charge in [-0.2, -0.15) is 0 Å². The van der Waals surface area contributed by atoms with Crippen LogP contribution in [0.15, 0.2) is 16.5 Å². The van der Waals surface area contributed by atoms with Gasteiger partial charge >= 0.3 is 0 Å². The third-order valence-corrected chi connectivity index (χ3v) is 3.00. The molecule has 14 heavy (non-hydrogen) atoms. The Balaban J connectivity index is 1.90. The van der Waals surface area contributed by atoms with Gasteiger partial charge in [0.1, 0.15) is 11.5 Å². The van der Waals surface area contributed by atoms with Crippen molar-refractivity contribution in [3.05, 3.63) is 23.7 Å². The van der Waals surface area contributed by atoms with E-state index in [9.17, 15) is 0 Å². The average molecular weight is 193 g/mol. The summed E-state index contributed by atoms with van der Waals surface area (Å²) in [5, 5.41) is 0. The van der Waals surface area contributed by atoms with Crippen molar-refractivity contribution in [1.82, 2.24) is 0 Å². The molecule has 1 aliphatic carbocycles. The van der Waals surface area contributed by atoms with Crippen LogP contribution >= 0.6 is 0 Å². The Morgan fingerprint density at radius 2 is 2.29 bits per heavy atom. The molecular weight excluding hydrogens is 174 g/mol. The summed E-state index contributed by atoms with van der Waals surface area (Å²) < 4.78 is 5.77. The molecule has 0 radical (unpaired) electrons. The van der Waals surface area contributed by atoms with Gasteiger partial charge in [0.2, 0.25) is 0 Å². The Hall–Kier alpha value is -0.760. The van der Waals surface area contributed by atoms with E-state index in [1.807, 2.05) is 6.92 Å². The monoisotopic (exact) mass is 193 g/mol. The molecule has 0 aliphatic heterocycles. The van der Waals surface area contributed by atoms with Crippen molar-refractivity contribution in [2.24, 2.45) is 11.7 Å². The maximum atomic E-state index is 5.77. The Kier molecular flexibility index (Phi) is 2.64. The molecule has 1 aromatic heterocycles. The molecular formula is C12H19NO. The second-order valence-corrected chi connectivity index (χ2v) is 4.64. The molecule has 0 saturated heterocycles. The zero-order valence-corrected chi connectivity index (χ0v) is 8.99. The molecule has 1 heterocycles. The lowest BCUT2D eigenvalue weighted by Gasteiger charge is -2.01. The molecule has 1 aromatic rings. The van der Waals surface area contributed by atoms with Crippen LogP contribution in [0, 0.1) is 5.92 Å².